The number of hydrogen-bond acceptors (Lipinski definition) is 4. The summed E-state index contributed by atoms with van der Waals surface area (Å²) in [5.41, 5.74) is 1.25. The fraction of sp³-hybridized carbons (Fsp3) is 0.350. The molecule has 0 radical (unpaired) electrons. The van der Waals surface area contributed by atoms with E-state index in [2.05, 4.69) is 27.8 Å². The van der Waals surface area contributed by atoms with E-state index < -0.39 is 18.2 Å². The van der Waals surface area contributed by atoms with Gasteiger partial charge in [-0.25, -0.2) is 9.79 Å². The monoisotopic (exact) mass is 381 g/mol. The van der Waals surface area contributed by atoms with E-state index in [1.54, 1.807) is 13.3 Å². The lowest BCUT2D eigenvalue weighted by Crippen LogP contribution is -2.64. The van der Waals surface area contributed by atoms with Crippen molar-refractivity contribution in [3.8, 4) is 0 Å². The number of carbonyl (C=O) groups excluding carboxylic acids is 2. The third kappa shape index (κ3) is 3.58. The molecule has 0 spiro atoms. The predicted octanol–water partition coefficient (Wildman–Crippen LogP) is 1.55. The van der Waals surface area contributed by atoms with Crippen molar-refractivity contribution in [3.63, 3.8) is 0 Å². The van der Waals surface area contributed by atoms with Crippen LogP contribution in [0.4, 0.5) is 4.79 Å². The molecule has 28 heavy (non-hydrogen) atoms. The second-order valence-electron chi connectivity index (χ2n) is 6.94. The van der Waals surface area contributed by atoms with E-state index in [1.807, 2.05) is 35.2 Å². The van der Waals surface area contributed by atoms with Gasteiger partial charge in [0.25, 0.3) is 5.91 Å². The normalized spacial score (nSPS) is 23.0. The van der Waals surface area contributed by atoms with Crippen molar-refractivity contribution in [2.75, 3.05) is 13.6 Å². The Balaban J connectivity index is 1.52. The zero-order valence-electron chi connectivity index (χ0n) is 15.7. The standard InChI is InChI=1S/C20H23N5O3/c1-24-17-16(18(26)23-20(24)27)25(11-5-9-14-7-3-2-4-8-14)19(22-17)21-13-15-10-6-12-28-15/h2-4,6-8,10,12,16-17H,5,9,11,13H2,1H3,(H,21,22)(H,23,26,27). The smallest absolute Gasteiger partial charge is 0.325 e. The van der Waals surface area contributed by atoms with Crippen LogP contribution in [0.1, 0.15) is 17.7 Å². The van der Waals surface area contributed by atoms with Crippen molar-refractivity contribution in [3.05, 3.63) is 60.1 Å². The Hall–Kier alpha value is -3.29. The molecule has 2 aromatic rings. The van der Waals surface area contributed by atoms with Crippen molar-refractivity contribution >= 4 is 17.9 Å². The number of nitrogens with zero attached hydrogens (tertiary/aromatic N) is 3. The molecule has 3 heterocycles. The lowest BCUT2D eigenvalue weighted by atomic mass is 10.1. The number of fused-ring (bicyclic) bond motifs is 1. The number of amides is 3. The average Bonchev–Trinajstić information content (AvgIpc) is 3.34. The number of imide groups is 1. The van der Waals surface area contributed by atoms with Gasteiger partial charge in [0, 0.05) is 13.6 Å². The van der Waals surface area contributed by atoms with Crippen molar-refractivity contribution in [1.82, 2.24) is 20.4 Å². The quantitative estimate of drug-likeness (QED) is 0.792. The molecule has 146 valence electrons. The lowest BCUT2D eigenvalue weighted by Gasteiger charge is -2.35. The van der Waals surface area contributed by atoms with Crippen LogP contribution in [0.15, 0.2) is 58.1 Å². The van der Waals surface area contributed by atoms with E-state index in [9.17, 15) is 9.59 Å². The summed E-state index contributed by atoms with van der Waals surface area (Å²) in [6, 6.07) is 13.0. The number of furan rings is 1. The molecule has 0 aliphatic carbocycles. The molecule has 8 heteroatoms. The molecule has 1 aromatic heterocycles. The minimum absolute atomic E-state index is 0.302. The first-order valence-corrected chi connectivity index (χ1v) is 9.35. The maximum Gasteiger partial charge on any atom is 0.325 e. The van der Waals surface area contributed by atoms with Gasteiger partial charge in [-0.15, -0.1) is 0 Å². The topological polar surface area (TPSA) is 90.2 Å². The first-order valence-electron chi connectivity index (χ1n) is 9.35. The molecule has 2 aliphatic heterocycles. The molecule has 0 saturated carbocycles. The summed E-state index contributed by atoms with van der Waals surface area (Å²) in [4.78, 5) is 32.6. The largest absolute Gasteiger partial charge is 0.467 e. The number of nitrogens with one attached hydrogen (secondary N) is 2. The van der Waals surface area contributed by atoms with Crippen molar-refractivity contribution in [2.45, 2.75) is 31.6 Å². The van der Waals surface area contributed by atoms with Gasteiger partial charge in [0.1, 0.15) is 18.5 Å². The van der Waals surface area contributed by atoms with Crippen LogP contribution in [0.2, 0.25) is 0 Å². The molecular weight excluding hydrogens is 358 g/mol. The van der Waals surface area contributed by atoms with Crippen molar-refractivity contribution in [1.29, 1.82) is 0 Å². The number of likely N-dealkylation sites (N-methyl/N-ethyl adjacent to an activating group) is 1. The number of benzene rings is 1. The van der Waals surface area contributed by atoms with Gasteiger partial charge >= 0.3 is 6.03 Å². The molecule has 2 fully saturated rings. The summed E-state index contributed by atoms with van der Waals surface area (Å²) in [7, 11) is 1.67. The highest BCUT2D eigenvalue weighted by molar-refractivity contribution is 6.04. The zero-order valence-corrected chi connectivity index (χ0v) is 15.7. The van der Waals surface area contributed by atoms with Crippen LogP contribution < -0.4 is 10.6 Å². The van der Waals surface area contributed by atoms with Gasteiger partial charge in [-0.05, 0) is 30.5 Å². The molecule has 3 amide bonds. The van der Waals surface area contributed by atoms with E-state index in [0.717, 1.165) is 18.6 Å². The average molecular weight is 381 g/mol. The second-order valence-corrected chi connectivity index (χ2v) is 6.94. The number of guanidine groups is 1. The van der Waals surface area contributed by atoms with Crippen LogP contribution in [-0.2, 0) is 17.8 Å². The summed E-state index contributed by atoms with van der Waals surface area (Å²) in [5, 5.41) is 5.66. The Morgan fingerprint density at radius 3 is 2.71 bits per heavy atom. The predicted molar refractivity (Wildman–Crippen MR) is 103 cm³/mol. The summed E-state index contributed by atoms with van der Waals surface area (Å²) >= 11 is 0. The first-order chi connectivity index (χ1) is 13.6. The number of carbonyl (C=O) groups is 2. The van der Waals surface area contributed by atoms with Crippen LogP contribution in [0.3, 0.4) is 0 Å². The zero-order chi connectivity index (χ0) is 19.5. The highest BCUT2D eigenvalue weighted by Gasteiger charge is 2.49. The van der Waals surface area contributed by atoms with E-state index in [4.69, 9.17) is 4.42 Å². The Labute approximate surface area is 163 Å². The Kier molecular flexibility index (Phi) is 5.01. The fourth-order valence-corrected chi connectivity index (χ4v) is 3.62. The van der Waals surface area contributed by atoms with Crippen LogP contribution in [0, 0.1) is 0 Å². The maximum absolute atomic E-state index is 12.5. The first kappa shape index (κ1) is 18.1. The maximum atomic E-state index is 12.5. The van der Waals surface area contributed by atoms with Crippen LogP contribution >= 0.6 is 0 Å². The summed E-state index contributed by atoms with van der Waals surface area (Å²) in [5.74, 6) is 1.04. The van der Waals surface area contributed by atoms with Crippen LogP contribution in [0.5, 0.6) is 0 Å². The fourth-order valence-electron chi connectivity index (χ4n) is 3.62. The summed E-state index contributed by atoms with van der Waals surface area (Å²) < 4.78 is 5.35. The van der Waals surface area contributed by atoms with E-state index in [0.29, 0.717) is 19.0 Å². The summed E-state index contributed by atoms with van der Waals surface area (Å²) in [6.45, 7) is 1.01. The molecule has 2 aliphatic rings. The number of aliphatic imine (C=N–C) groups is 1. The molecule has 4 rings (SSSR count). The summed E-state index contributed by atoms with van der Waals surface area (Å²) in [6.07, 6.45) is 2.93. The Morgan fingerprint density at radius 1 is 1.14 bits per heavy atom. The Morgan fingerprint density at radius 2 is 1.96 bits per heavy atom. The number of urea groups is 1. The van der Waals surface area contributed by atoms with Crippen LogP contribution in [0.25, 0.3) is 0 Å². The lowest BCUT2D eigenvalue weighted by molar-refractivity contribution is -0.127. The second kappa shape index (κ2) is 7.75. The van der Waals surface area contributed by atoms with Gasteiger partial charge in [-0.2, -0.15) is 0 Å². The van der Waals surface area contributed by atoms with E-state index in [-0.39, 0.29) is 5.91 Å². The molecule has 8 nitrogen and oxygen atoms in total. The molecule has 2 saturated heterocycles. The highest BCUT2D eigenvalue weighted by Crippen LogP contribution is 2.21. The minimum Gasteiger partial charge on any atom is -0.467 e. The van der Waals surface area contributed by atoms with Crippen LogP contribution in [-0.4, -0.2) is 53.5 Å². The molecular formula is C20H23N5O3. The third-order valence-electron chi connectivity index (χ3n) is 5.09. The molecule has 2 atom stereocenters. The van der Waals surface area contributed by atoms with Crippen molar-refractivity contribution < 1.29 is 14.0 Å². The highest BCUT2D eigenvalue weighted by atomic mass is 16.3. The molecule has 0 bridgehead atoms. The Bertz CT molecular complexity index is 865. The van der Waals surface area contributed by atoms with Gasteiger partial charge < -0.3 is 19.5 Å². The minimum atomic E-state index is -0.506. The molecule has 2 N–H and O–H groups in total. The van der Waals surface area contributed by atoms with Gasteiger partial charge in [0.15, 0.2) is 12.0 Å². The molecule has 2 unspecified atom stereocenters. The van der Waals surface area contributed by atoms with Gasteiger partial charge in [0.05, 0.1) is 6.26 Å². The van der Waals surface area contributed by atoms with Gasteiger partial charge in [-0.3, -0.25) is 10.1 Å². The molecule has 1 aromatic carbocycles. The van der Waals surface area contributed by atoms with Crippen molar-refractivity contribution in [2.24, 2.45) is 4.99 Å². The SMILES string of the molecule is CN1C(=O)NC(=O)C2C1NC(=NCc1ccco1)N2CCCc1ccccc1. The number of aryl methyl sites for hydroxylation is 1. The van der Waals surface area contributed by atoms with E-state index in [1.165, 1.54) is 10.5 Å². The van der Waals surface area contributed by atoms with E-state index >= 15 is 0 Å². The number of hydrogen-bond donors (Lipinski definition) is 2. The van der Waals surface area contributed by atoms with Gasteiger partial charge in [0.2, 0.25) is 0 Å². The number of rotatable bonds is 6. The third-order valence-corrected chi connectivity index (χ3v) is 5.09. The van der Waals surface area contributed by atoms with Gasteiger partial charge in [-0.1, -0.05) is 30.3 Å².